The molecule has 11 heteroatoms. The molecule has 0 unspecified atom stereocenters. The predicted octanol–water partition coefficient (Wildman–Crippen LogP) is 3.61. The fraction of sp³-hybridized carbons (Fsp3) is 0.200. The second-order valence-electron chi connectivity index (χ2n) is 6.92. The van der Waals surface area contributed by atoms with E-state index < -0.39 is 18.0 Å². The first kappa shape index (κ1) is 19.7. The van der Waals surface area contributed by atoms with Crippen LogP contribution >= 0.6 is 23.4 Å². The number of thioether (sulfide) groups is 1. The Hall–Kier alpha value is -3.24. The van der Waals surface area contributed by atoms with Crippen molar-refractivity contribution in [2.24, 2.45) is 10.3 Å². The highest BCUT2D eigenvalue weighted by Gasteiger charge is 2.55. The molecular weight excluding hydrogens is 440 g/mol. The summed E-state index contributed by atoms with van der Waals surface area (Å²) in [5, 5.41) is 14.0. The van der Waals surface area contributed by atoms with Crippen LogP contribution in [0.15, 0.2) is 68.3 Å². The summed E-state index contributed by atoms with van der Waals surface area (Å²) in [5.74, 6) is -0.126. The maximum absolute atomic E-state index is 13.1. The van der Waals surface area contributed by atoms with Gasteiger partial charge in [0, 0.05) is 15.5 Å². The molecule has 5 rings (SSSR count). The minimum absolute atomic E-state index is 0.0585. The van der Waals surface area contributed by atoms with Crippen molar-refractivity contribution in [3.63, 3.8) is 0 Å². The molecular formula is C20H15ClN6O3S. The van der Waals surface area contributed by atoms with Gasteiger partial charge >= 0.3 is 0 Å². The Morgan fingerprint density at radius 3 is 2.71 bits per heavy atom. The Morgan fingerprint density at radius 2 is 1.94 bits per heavy atom. The molecule has 2 amide bonds. The summed E-state index contributed by atoms with van der Waals surface area (Å²) >= 11 is 7.44. The van der Waals surface area contributed by atoms with Crippen LogP contribution < -0.4 is 4.90 Å². The third-order valence-electron chi connectivity index (χ3n) is 5.04. The normalized spacial score (nSPS) is 20.1. The Bertz CT molecular complexity index is 1200. The maximum atomic E-state index is 13.1. The molecule has 3 heterocycles. The highest BCUT2D eigenvalue weighted by Crippen LogP contribution is 2.34. The first-order chi connectivity index (χ1) is 15.0. The first-order valence-electron chi connectivity index (χ1n) is 9.33. The quantitative estimate of drug-likeness (QED) is 0.428. The van der Waals surface area contributed by atoms with Crippen LogP contribution in [0.25, 0.3) is 11.4 Å². The van der Waals surface area contributed by atoms with Gasteiger partial charge in [-0.05, 0) is 48.7 Å². The molecule has 0 bridgehead atoms. The number of fused-ring (bicyclic) bond motifs is 1. The first-order valence-corrected chi connectivity index (χ1v) is 10.9. The fourth-order valence-corrected chi connectivity index (χ4v) is 4.11. The van der Waals surface area contributed by atoms with Crippen molar-refractivity contribution < 1.29 is 14.1 Å². The van der Waals surface area contributed by atoms with Gasteiger partial charge in [0.2, 0.25) is 11.7 Å². The lowest BCUT2D eigenvalue weighted by Gasteiger charge is -2.19. The number of hydrogen-bond donors (Lipinski definition) is 0. The van der Waals surface area contributed by atoms with Crippen LogP contribution in [0.2, 0.25) is 5.02 Å². The van der Waals surface area contributed by atoms with Crippen molar-refractivity contribution in [1.82, 2.24) is 15.1 Å². The number of rotatable bonds is 5. The average molecular weight is 455 g/mol. The molecule has 2 aliphatic rings. The van der Waals surface area contributed by atoms with Gasteiger partial charge in [0.05, 0.1) is 5.69 Å². The Kier molecular flexibility index (Phi) is 4.95. The van der Waals surface area contributed by atoms with Crippen molar-refractivity contribution >= 4 is 40.9 Å². The summed E-state index contributed by atoms with van der Waals surface area (Å²) in [6.45, 7) is 0.0585. The van der Waals surface area contributed by atoms with E-state index in [-0.39, 0.29) is 18.3 Å². The zero-order valence-corrected chi connectivity index (χ0v) is 17.7. The Morgan fingerprint density at radius 1 is 1.13 bits per heavy atom. The number of nitrogens with zero attached hydrogens (tertiary/aromatic N) is 6. The fourth-order valence-electron chi connectivity index (χ4n) is 3.53. The third kappa shape index (κ3) is 3.47. The molecule has 1 fully saturated rings. The number of aromatic nitrogens is 2. The summed E-state index contributed by atoms with van der Waals surface area (Å²) in [6.07, 6.45) is 1.93. The summed E-state index contributed by atoms with van der Waals surface area (Å²) in [7, 11) is 0. The van der Waals surface area contributed by atoms with E-state index in [0.29, 0.717) is 16.5 Å². The van der Waals surface area contributed by atoms with Crippen LogP contribution in [-0.4, -0.2) is 45.3 Å². The predicted molar refractivity (Wildman–Crippen MR) is 113 cm³/mol. The molecule has 0 saturated carbocycles. The molecule has 1 saturated heterocycles. The van der Waals surface area contributed by atoms with Crippen molar-refractivity contribution in [2.75, 3.05) is 11.2 Å². The van der Waals surface area contributed by atoms with E-state index in [1.54, 1.807) is 36.4 Å². The summed E-state index contributed by atoms with van der Waals surface area (Å²) in [4.78, 5) is 32.5. The van der Waals surface area contributed by atoms with Gasteiger partial charge < -0.3 is 4.52 Å². The maximum Gasteiger partial charge on any atom is 0.263 e. The van der Waals surface area contributed by atoms with Crippen LogP contribution in [0, 0.1) is 0 Å². The summed E-state index contributed by atoms with van der Waals surface area (Å²) in [5.41, 5.74) is 1.27. The Balaban J connectivity index is 1.36. The van der Waals surface area contributed by atoms with Crippen LogP contribution in [0.1, 0.15) is 5.89 Å². The molecule has 2 aliphatic heterocycles. The van der Waals surface area contributed by atoms with Gasteiger partial charge in [-0.15, -0.1) is 11.8 Å². The van der Waals surface area contributed by atoms with Crippen LogP contribution in [0.4, 0.5) is 5.69 Å². The molecule has 3 aromatic rings. The lowest BCUT2D eigenvalue weighted by Crippen LogP contribution is -2.39. The van der Waals surface area contributed by atoms with Crippen molar-refractivity contribution in [2.45, 2.75) is 23.5 Å². The lowest BCUT2D eigenvalue weighted by atomic mass is 10.1. The number of carbonyl (C=O) groups excluding carboxylic acids is 2. The second-order valence-corrected chi connectivity index (χ2v) is 8.24. The zero-order chi connectivity index (χ0) is 21.5. The number of hydrogen-bond acceptors (Lipinski definition) is 9. The summed E-state index contributed by atoms with van der Waals surface area (Å²) in [6, 6.07) is 12.6. The topological polar surface area (TPSA) is 104 Å². The summed E-state index contributed by atoms with van der Waals surface area (Å²) < 4.78 is 5.31. The van der Waals surface area contributed by atoms with Crippen LogP contribution in [0.3, 0.4) is 0 Å². The molecule has 1 aromatic heterocycles. The van der Waals surface area contributed by atoms with Gasteiger partial charge in [0.1, 0.15) is 6.54 Å². The third-order valence-corrected chi connectivity index (χ3v) is 6.01. The number of carbonyl (C=O) groups is 2. The van der Waals surface area contributed by atoms with Gasteiger partial charge in [-0.25, -0.2) is 4.90 Å². The van der Waals surface area contributed by atoms with Gasteiger partial charge in [-0.2, -0.15) is 10.1 Å². The van der Waals surface area contributed by atoms with Crippen LogP contribution in [-0.2, 0) is 16.1 Å². The van der Waals surface area contributed by atoms with Crippen molar-refractivity contribution in [3.05, 3.63) is 59.4 Å². The lowest BCUT2D eigenvalue weighted by molar-refractivity contribution is -0.123. The van der Waals surface area contributed by atoms with E-state index in [4.69, 9.17) is 16.1 Å². The molecule has 31 heavy (non-hydrogen) atoms. The highest BCUT2D eigenvalue weighted by molar-refractivity contribution is 7.98. The Labute approximate surface area is 186 Å². The van der Waals surface area contributed by atoms with Gasteiger partial charge in [-0.1, -0.05) is 28.0 Å². The SMILES string of the molecule is CSc1cccc(N2C(=O)[C@H]3N=NN(Cc4nc(-c5ccc(Cl)cc5)no4)[C@H]3C2=O)c1. The van der Waals surface area contributed by atoms with E-state index >= 15 is 0 Å². The number of benzene rings is 2. The number of halogens is 1. The van der Waals surface area contributed by atoms with Gasteiger partial charge in [-0.3, -0.25) is 14.6 Å². The van der Waals surface area contributed by atoms with E-state index in [0.717, 1.165) is 10.5 Å². The van der Waals surface area contributed by atoms with E-state index in [9.17, 15) is 9.59 Å². The zero-order valence-electron chi connectivity index (χ0n) is 16.2. The molecule has 2 aromatic carbocycles. The molecule has 0 spiro atoms. The van der Waals surface area contributed by atoms with E-state index in [2.05, 4.69) is 20.5 Å². The molecule has 0 N–H and O–H groups in total. The number of imide groups is 1. The molecule has 2 atom stereocenters. The van der Waals surface area contributed by atoms with Crippen molar-refractivity contribution in [1.29, 1.82) is 0 Å². The second kappa shape index (κ2) is 7.78. The van der Waals surface area contributed by atoms with E-state index in [1.807, 2.05) is 18.4 Å². The monoisotopic (exact) mass is 454 g/mol. The smallest absolute Gasteiger partial charge is 0.263 e. The standard InChI is InChI=1S/C20H15ClN6O3S/c1-31-14-4-2-3-13(9-14)27-19(28)16-17(20(27)29)26(25-23-16)10-15-22-18(24-30-15)11-5-7-12(21)8-6-11/h2-9,16-17H,10H2,1H3/t16-,17+/m0/s1. The number of anilines is 1. The minimum atomic E-state index is -0.885. The van der Waals surface area contributed by atoms with Crippen molar-refractivity contribution in [3.8, 4) is 11.4 Å². The van der Waals surface area contributed by atoms with Crippen LogP contribution in [0.5, 0.6) is 0 Å². The minimum Gasteiger partial charge on any atom is -0.337 e. The molecule has 156 valence electrons. The van der Waals surface area contributed by atoms with Gasteiger partial charge in [0.25, 0.3) is 11.8 Å². The number of amides is 2. The largest absolute Gasteiger partial charge is 0.337 e. The highest BCUT2D eigenvalue weighted by atomic mass is 35.5. The molecule has 9 nitrogen and oxygen atoms in total. The van der Waals surface area contributed by atoms with Gasteiger partial charge in [0.15, 0.2) is 12.1 Å². The molecule has 0 radical (unpaired) electrons. The van der Waals surface area contributed by atoms with E-state index in [1.165, 1.54) is 21.7 Å². The average Bonchev–Trinajstić information content (AvgIpc) is 3.47. The molecule has 0 aliphatic carbocycles.